The molecular formula is C13H25IN4O2. The van der Waals surface area contributed by atoms with Crippen LogP contribution in [0.25, 0.3) is 0 Å². The monoisotopic (exact) mass is 396 g/mol. The van der Waals surface area contributed by atoms with Crippen LogP contribution in [0.3, 0.4) is 0 Å². The molecule has 116 valence electrons. The number of halogens is 1. The van der Waals surface area contributed by atoms with Crippen molar-refractivity contribution in [3.05, 3.63) is 17.5 Å². The molecule has 0 amide bonds. The number of nitrogens with one attached hydrogen (secondary N) is 2. The number of guanidine groups is 1. The molecule has 1 aromatic heterocycles. The van der Waals surface area contributed by atoms with Crippen LogP contribution in [-0.4, -0.2) is 37.4 Å². The highest BCUT2D eigenvalue weighted by atomic mass is 127. The van der Waals surface area contributed by atoms with Gasteiger partial charge in [-0.2, -0.15) is 0 Å². The molecule has 2 N–H and O–H groups in total. The molecule has 6 nitrogen and oxygen atoms in total. The fraction of sp³-hybridized carbons (Fsp3) is 0.692. The Labute approximate surface area is 137 Å². The maximum absolute atomic E-state index is 5.34. The number of aromatic nitrogens is 1. The average molecular weight is 396 g/mol. The van der Waals surface area contributed by atoms with E-state index in [1.54, 1.807) is 14.2 Å². The molecule has 0 saturated heterocycles. The quantitative estimate of drug-likeness (QED) is 0.437. The van der Waals surface area contributed by atoms with Gasteiger partial charge in [0.2, 0.25) is 0 Å². The summed E-state index contributed by atoms with van der Waals surface area (Å²) in [7, 11) is 3.42. The van der Waals surface area contributed by atoms with E-state index in [2.05, 4.69) is 20.8 Å². The highest BCUT2D eigenvalue weighted by Gasteiger charge is 2.16. The van der Waals surface area contributed by atoms with Crippen LogP contribution in [0, 0.1) is 0 Å². The molecule has 0 aliphatic rings. The molecule has 20 heavy (non-hydrogen) atoms. The summed E-state index contributed by atoms with van der Waals surface area (Å²) in [5.74, 6) is 1.50. The summed E-state index contributed by atoms with van der Waals surface area (Å²) >= 11 is 0. The average Bonchev–Trinajstić information content (AvgIpc) is 2.87. The summed E-state index contributed by atoms with van der Waals surface area (Å²) in [5.41, 5.74) is 0.722. The lowest BCUT2D eigenvalue weighted by atomic mass is 10.1. The summed E-state index contributed by atoms with van der Waals surface area (Å²) in [5, 5.41) is 10.3. The Kier molecular flexibility index (Phi) is 8.79. The van der Waals surface area contributed by atoms with Crippen molar-refractivity contribution in [2.75, 3.05) is 20.7 Å². The number of hydrogen-bond donors (Lipinski definition) is 2. The van der Waals surface area contributed by atoms with E-state index in [0.29, 0.717) is 19.0 Å². The molecule has 7 heteroatoms. The predicted molar refractivity (Wildman–Crippen MR) is 90.6 cm³/mol. The van der Waals surface area contributed by atoms with Gasteiger partial charge in [-0.3, -0.25) is 4.99 Å². The van der Waals surface area contributed by atoms with Gasteiger partial charge in [-0.25, -0.2) is 0 Å². The van der Waals surface area contributed by atoms with Crippen LogP contribution in [0.4, 0.5) is 0 Å². The van der Waals surface area contributed by atoms with Gasteiger partial charge in [0.05, 0.1) is 17.8 Å². The van der Waals surface area contributed by atoms with Gasteiger partial charge in [0.15, 0.2) is 11.7 Å². The van der Waals surface area contributed by atoms with Gasteiger partial charge in [0.1, 0.15) is 0 Å². The van der Waals surface area contributed by atoms with Crippen LogP contribution in [-0.2, 0) is 17.7 Å². The Balaban J connectivity index is 0.00000361. The lowest BCUT2D eigenvalue weighted by Crippen LogP contribution is -2.45. The molecule has 0 aromatic carbocycles. The van der Waals surface area contributed by atoms with Crippen molar-refractivity contribution in [3.63, 3.8) is 0 Å². The molecule has 1 heterocycles. The lowest BCUT2D eigenvalue weighted by Gasteiger charge is -2.24. The van der Waals surface area contributed by atoms with Gasteiger partial charge in [0, 0.05) is 26.8 Å². The second-order valence-electron chi connectivity index (χ2n) is 4.88. The Morgan fingerprint density at radius 3 is 2.65 bits per heavy atom. The van der Waals surface area contributed by atoms with Gasteiger partial charge < -0.3 is 19.9 Å². The third-order valence-corrected chi connectivity index (χ3v) is 2.86. The van der Waals surface area contributed by atoms with Crippen molar-refractivity contribution in [1.82, 2.24) is 15.8 Å². The van der Waals surface area contributed by atoms with Crippen LogP contribution >= 0.6 is 24.0 Å². The molecule has 0 fully saturated rings. The minimum absolute atomic E-state index is 0. The van der Waals surface area contributed by atoms with Gasteiger partial charge in [-0.1, -0.05) is 12.1 Å². The predicted octanol–water partition coefficient (Wildman–Crippen LogP) is 1.94. The highest BCUT2D eigenvalue weighted by molar-refractivity contribution is 14.0. The third-order valence-electron chi connectivity index (χ3n) is 2.86. The third kappa shape index (κ3) is 6.56. The molecule has 0 bridgehead atoms. The van der Waals surface area contributed by atoms with E-state index in [-0.39, 0.29) is 29.6 Å². The number of aliphatic imine (C=N–C) groups is 1. The van der Waals surface area contributed by atoms with Crippen molar-refractivity contribution in [1.29, 1.82) is 0 Å². The molecule has 0 spiro atoms. The first-order valence-corrected chi connectivity index (χ1v) is 6.45. The molecule has 1 rings (SSSR count). The Morgan fingerprint density at radius 1 is 1.45 bits per heavy atom. The SMILES string of the molecule is CCc1cc(CNC(=NC)NCC(C)(C)OC)on1.I. The first-order chi connectivity index (χ1) is 9.00. The summed E-state index contributed by atoms with van der Waals surface area (Å²) in [6.07, 6.45) is 0.874. The van der Waals surface area contributed by atoms with Crippen LogP contribution < -0.4 is 10.6 Å². The van der Waals surface area contributed by atoms with Gasteiger partial charge in [0.25, 0.3) is 0 Å². The minimum atomic E-state index is -0.237. The standard InChI is InChI=1S/C13H24N4O2.HI/c1-6-10-7-11(19-17-10)8-15-12(14-4)16-9-13(2,3)18-5;/h7H,6,8-9H2,1-5H3,(H2,14,15,16);1H. The topological polar surface area (TPSA) is 71.7 Å². The molecule has 1 aromatic rings. The van der Waals surface area contributed by atoms with E-state index in [1.807, 2.05) is 26.8 Å². The van der Waals surface area contributed by atoms with Crippen LogP contribution in [0.1, 0.15) is 32.2 Å². The summed E-state index contributed by atoms with van der Waals surface area (Å²) < 4.78 is 10.5. The van der Waals surface area contributed by atoms with Gasteiger partial charge in [-0.15, -0.1) is 24.0 Å². The van der Waals surface area contributed by atoms with E-state index in [1.165, 1.54) is 0 Å². The molecule has 0 unspecified atom stereocenters. The second-order valence-corrected chi connectivity index (χ2v) is 4.88. The zero-order chi connectivity index (χ0) is 14.3. The number of nitrogens with zero attached hydrogens (tertiary/aromatic N) is 2. The van der Waals surface area contributed by atoms with Crippen molar-refractivity contribution in [2.24, 2.45) is 4.99 Å². The molecule has 0 aliphatic heterocycles. The fourth-order valence-corrected chi connectivity index (χ4v) is 1.37. The van der Waals surface area contributed by atoms with Crippen LogP contribution in [0.2, 0.25) is 0 Å². The molecule has 0 saturated carbocycles. The second kappa shape index (κ2) is 9.17. The van der Waals surface area contributed by atoms with E-state index in [9.17, 15) is 0 Å². The Morgan fingerprint density at radius 2 is 2.15 bits per heavy atom. The number of methoxy groups -OCH3 is 1. The number of rotatable bonds is 6. The number of aryl methyl sites for hydroxylation is 1. The van der Waals surface area contributed by atoms with Gasteiger partial charge >= 0.3 is 0 Å². The largest absolute Gasteiger partial charge is 0.377 e. The lowest BCUT2D eigenvalue weighted by molar-refractivity contribution is 0.0268. The number of ether oxygens (including phenoxy) is 1. The normalized spacial score (nSPS) is 11.9. The van der Waals surface area contributed by atoms with Crippen molar-refractivity contribution in [3.8, 4) is 0 Å². The van der Waals surface area contributed by atoms with E-state index in [0.717, 1.165) is 17.9 Å². The summed E-state index contributed by atoms with van der Waals surface area (Å²) in [6, 6.07) is 1.94. The Hall–Kier alpha value is -0.830. The molecular weight excluding hydrogens is 371 g/mol. The Bertz CT molecular complexity index is 418. The maximum Gasteiger partial charge on any atom is 0.191 e. The van der Waals surface area contributed by atoms with Crippen molar-refractivity contribution in [2.45, 2.75) is 39.3 Å². The zero-order valence-electron chi connectivity index (χ0n) is 12.8. The van der Waals surface area contributed by atoms with Crippen LogP contribution in [0.15, 0.2) is 15.6 Å². The molecule has 0 radical (unpaired) electrons. The van der Waals surface area contributed by atoms with Gasteiger partial charge in [-0.05, 0) is 20.3 Å². The smallest absolute Gasteiger partial charge is 0.191 e. The van der Waals surface area contributed by atoms with Crippen LogP contribution in [0.5, 0.6) is 0 Å². The van der Waals surface area contributed by atoms with E-state index >= 15 is 0 Å². The maximum atomic E-state index is 5.34. The highest BCUT2D eigenvalue weighted by Crippen LogP contribution is 2.05. The molecule has 0 aliphatic carbocycles. The number of hydrogen-bond acceptors (Lipinski definition) is 4. The molecule has 0 atom stereocenters. The van der Waals surface area contributed by atoms with E-state index in [4.69, 9.17) is 9.26 Å². The minimum Gasteiger partial charge on any atom is -0.377 e. The van der Waals surface area contributed by atoms with E-state index < -0.39 is 0 Å². The zero-order valence-corrected chi connectivity index (χ0v) is 15.1. The van der Waals surface area contributed by atoms with Crippen molar-refractivity contribution < 1.29 is 9.26 Å². The summed E-state index contributed by atoms with van der Waals surface area (Å²) in [6.45, 7) is 7.29. The first-order valence-electron chi connectivity index (χ1n) is 6.45. The van der Waals surface area contributed by atoms with Crippen molar-refractivity contribution >= 4 is 29.9 Å². The summed E-state index contributed by atoms with van der Waals surface area (Å²) in [4.78, 5) is 4.14. The fourth-order valence-electron chi connectivity index (χ4n) is 1.37. The first kappa shape index (κ1) is 19.2.